The maximum atomic E-state index is 9.09. The Bertz CT molecular complexity index is 316. The van der Waals surface area contributed by atoms with E-state index < -0.39 is 5.60 Å². The molecule has 0 saturated heterocycles. The average Bonchev–Trinajstić information content (AvgIpc) is 2.13. The van der Waals surface area contributed by atoms with E-state index >= 15 is 0 Å². The Morgan fingerprint density at radius 3 is 2.50 bits per heavy atom. The van der Waals surface area contributed by atoms with Crippen molar-refractivity contribution in [3.63, 3.8) is 0 Å². The molecule has 0 aromatic heterocycles. The number of hydrogen-bond acceptors (Lipinski definition) is 2. The fraction of sp³-hybridized carbons (Fsp3) is 0.500. The van der Waals surface area contributed by atoms with E-state index in [1.807, 2.05) is 45.9 Å². The smallest absolute Gasteiger partial charge is 0.126 e. The molecule has 0 amide bonds. The standard InChI is InChI=1S/C12H18O2/c1-9-6-5-7-11(10(9)2)14-12(3,4)8-13/h5-7,13H,8H2,1-4H3. The van der Waals surface area contributed by atoms with Crippen LogP contribution in [0.25, 0.3) is 0 Å². The lowest BCUT2D eigenvalue weighted by Gasteiger charge is -2.25. The van der Waals surface area contributed by atoms with E-state index in [2.05, 4.69) is 0 Å². The molecular formula is C12H18O2. The van der Waals surface area contributed by atoms with Crippen LogP contribution in [0, 0.1) is 13.8 Å². The Balaban J connectivity index is 2.92. The van der Waals surface area contributed by atoms with Gasteiger partial charge in [-0.3, -0.25) is 0 Å². The topological polar surface area (TPSA) is 29.5 Å². The Labute approximate surface area is 85.5 Å². The van der Waals surface area contributed by atoms with Gasteiger partial charge in [0.05, 0.1) is 6.61 Å². The Kier molecular flexibility index (Phi) is 3.17. The van der Waals surface area contributed by atoms with E-state index in [1.54, 1.807) is 0 Å². The lowest BCUT2D eigenvalue weighted by Crippen LogP contribution is -2.32. The third-order valence-corrected chi connectivity index (χ3v) is 2.32. The van der Waals surface area contributed by atoms with Crippen molar-refractivity contribution in [1.29, 1.82) is 0 Å². The zero-order valence-electron chi connectivity index (χ0n) is 9.29. The molecule has 0 saturated carbocycles. The molecule has 0 fully saturated rings. The van der Waals surface area contributed by atoms with Crippen LogP contribution in [0.5, 0.6) is 5.75 Å². The average molecular weight is 194 g/mol. The largest absolute Gasteiger partial charge is 0.485 e. The van der Waals surface area contributed by atoms with Crippen molar-refractivity contribution in [2.45, 2.75) is 33.3 Å². The Morgan fingerprint density at radius 2 is 1.93 bits per heavy atom. The number of aryl methyl sites for hydroxylation is 1. The van der Waals surface area contributed by atoms with Gasteiger partial charge in [0.25, 0.3) is 0 Å². The summed E-state index contributed by atoms with van der Waals surface area (Å²) in [6.07, 6.45) is 0. The minimum atomic E-state index is -0.515. The van der Waals surface area contributed by atoms with Crippen molar-refractivity contribution < 1.29 is 9.84 Å². The first kappa shape index (κ1) is 11.1. The Hall–Kier alpha value is -1.02. The van der Waals surface area contributed by atoms with E-state index in [4.69, 9.17) is 9.84 Å². The first-order valence-corrected chi connectivity index (χ1v) is 4.82. The van der Waals surface area contributed by atoms with Gasteiger partial charge in [-0.05, 0) is 44.9 Å². The monoisotopic (exact) mass is 194 g/mol. The molecular weight excluding hydrogens is 176 g/mol. The molecule has 78 valence electrons. The fourth-order valence-electron chi connectivity index (χ4n) is 1.16. The van der Waals surface area contributed by atoms with Crippen LogP contribution in [0.2, 0.25) is 0 Å². The van der Waals surface area contributed by atoms with Crippen LogP contribution in [-0.2, 0) is 0 Å². The number of aliphatic hydroxyl groups excluding tert-OH is 1. The van der Waals surface area contributed by atoms with Crippen LogP contribution in [0.15, 0.2) is 18.2 Å². The van der Waals surface area contributed by atoms with Gasteiger partial charge in [0.1, 0.15) is 11.4 Å². The lowest BCUT2D eigenvalue weighted by atomic mass is 10.1. The molecule has 2 heteroatoms. The lowest BCUT2D eigenvalue weighted by molar-refractivity contribution is 0.0406. The van der Waals surface area contributed by atoms with E-state index in [0.717, 1.165) is 11.3 Å². The highest BCUT2D eigenvalue weighted by Crippen LogP contribution is 2.24. The van der Waals surface area contributed by atoms with Crippen molar-refractivity contribution >= 4 is 0 Å². The molecule has 0 heterocycles. The first-order chi connectivity index (χ1) is 6.46. The molecule has 0 radical (unpaired) electrons. The third kappa shape index (κ3) is 2.48. The molecule has 1 aromatic rings. The minimum Gasteiger partial charge on any atom is -0.485 e. The van der Waals surface area contributed by atoms with Gasteiger partial charge in [0.15, 0.2) is 0 Å². The molecule has 1 rings (SSSR count). The normalized spacial score (nSPS) is 11.5. The van der Waals surface area contributed by atoms with Crippen molar-refractivity contribution in [2.75, 3.05) is 6.61 Å². The summed E-state index contributed by atoms with van der Waals surface area (Å²) in [5, 5.41) is 9.09. The number of hydrogen-bond donors (Lipinski definition) is 1. The summed E-state index contributed by atoms with van der Waals surface area (Å²) in [6.45, 7) is 7.83. The SMILES string of the molecule is Cc1cccc(OC(C)(C)CO)c1C. The molecule has 1 N–H and O–H groups in total. The predicted octanol–water partition coefficient (Wildman–Crippen LogP) is 2.45. The highest BCUT2D eigenvalue weighted by atomic mass is 16.5. The second-order valence-electron chi connectivity index (χ2n) is 4.22. The molecule has 0 aliphatic heterocycles. The van der Waals surface area contributed by atoms with Crippen LogP contribution in [0.3, 0.4) is 0 Å². The fourth-order valence-corrected chi connectivity index (χ4v) is 1.16. The summed E-state index contributed by atoms with van der Waals surface area (Å²) in [6, 6.07) is 5.94. The second-order valence-corrected chi connectivity index (χ2v) is 4.22. The van der Waals surface area contributed by atoms with Crippen molar-refractivity contribution in [2.24, 2.45) is 0 Å². The minimum absolute atomic E-state index is 0.0143. The van der Waals surface area contributed by atoms with Crippen LogP contribution < -0.4 is 4.74 Å². The highest BCUT2D eigenvalue weighted by Gasteiger charge is 2.19. The summed E-state index contributed by atoms with van der Waals surface area (Å²) in [7, 11) is 0. The summed E-state index contributed by atoms with van der Waals surface area (Å²) >= 11 is 0. The summed E-state index contributed by atoms with van der Waals surface area (Å²) in [5.41, 5.74) is 1.82. The molecule has 0 bridgehead atoms. The summed E-state index contributed by atoms with van der Waals surface area (Å²) < 4.78 is 5.71. The molecule has 1 aromatic carbocycles. The molecule has 0 aliphatic carbocycles. The molecule has 2 nitrogen and oxygen atoms in total. The summed E-state index contributed by atoms with van der Waals surface area (Å²) in [4.78, 5) is 0. The van der Waals surface area contributed by atoms with Gasteiger partial charge >= 0.3 is 0 Å². The number of aliphatic hydroxyl groups is 1. The number of ether oxygens (including phenoxy) is 1. The molecule has 0 unspecified atom stereocenters. The van der Waals surface area contributed by atoms with Gasteiger partial charge in [-0.15, -0.1) is 0 Å². The van der Waals surface area contributed by atoms with Crippen molar-refractivity contribution in [1.82, 2.24) is 0 Å². The molecule has 0 aliphatic rings. The quantitative estimate of drug-likeness (QED) is 0.801. The van der Waals surface area contributed by atoms with Crippen molar-refractivity contribution in [3.05, 3.63) is 29.3 Å². The van der Waals surface area contributed by atoms with Gasteiger partial charge in [-0.25, -0.2) is 0 Å². The van der Waals surface area contributed by atoms with Crippen LogP contribution >= 0.6 is 0 Å². The Morgan fingerprint density at radius 1 is 1.29 bits per heavy atom. The maximum Gasteiger partial charge on any atom is 0.126 e. The highest BCUT2D eigenvalue weighted by molar-refractivity contribution is 5.38. The number of rotatable bonds is 3. The van der Waals surface area contributed by atoms with E-state index in [-0.39, 0.29) is 6.61 Å². The maximum absolute atomic E-state index is 9.09. The zero-order chi connectivity index (χ0) is 10.8. The zero-order valence-corrected chi connectivity index (χ0v) is 9.29. The van der Waals surface area contributed by atoms with Crippen LogP contribution in [0.1, 0.15) is 25.0 Å². The van der Waals surface area contributed by atoms with Gasteiger partial charge in [-0.2, -0.15) is 0 Å². The predicted molar refractivity (Wildman–Crippen MR) is 57.7 cm³/mol. The van der Waals surface area contributed by atoms with Gasteiger partial charge in [-0.1, -0.05) is 12.1 Å². The van der Waals surface area contributed by atoms with E-state index in [1.165, 1.54) is 5.56 Å². The first-order valence-electron chi connectivity index (χ1n) is 4.82. The summed E-state index contributed by atoms with van der Waals surface area (Å²) in [5.74, 6) is 0.851. The van der Waals surface area contributed by atoms with E-state index in [9.17, 15) is 0 Å². The molecule has 0 spiro atoms. The molecule has 0 atom stereocenters. The number of benzene rings is 1. The van der Waals surface area contributed by atoms with E-state index in [0.29, 0.717) is 0 Å². The second kappa shape index (κ2) is 4.01. The van der Waals surface area contributed by atoms with Gasteiger partial charge in [0, 0.05) is 0 Å². The molecule has 14 heavy (non-hydrogen) atoms. The van der Waals surface area contributed by atoms with Gasteiger partial charge < -0.3 is 9.84 Å². The van der Waals surface area contributed by atoms with Crippen LogP contribution in [-0.4, -0.2) is 17.3 Å². The third-order valence-electron chi connectivity index (χ3n) is 2.32. The van der Waals surface area contributed by atoms with Crippen molar-refractivity contribution in [3.8, 4) is 5.75 Å². The van der Waals surface area contributed by atoms with Gasteiger partial charge in [0.2, 0.25) is 0 Å². The van der Waals surface area contributed by atoms with Crippen LogP contribution in [0.4, 0.5) is 0 Å².